The smallest absolute Gasteiger partial charge is 0.135 e. The first-order valence-electron chi connectivity index (χ1n) is 9.48. The van der Waals surface area contributed by atoms with Gasteiger partial charge in [-0.1, -0.05) is 103 Å². The van der Waals surface area contributed by atoms with Crippen LogP contribution in [0.2, 0.25) is 0 Å². The topological polar surface area (TPSA) is 17.1 Å². The van der Waals surface area contributed by atoms with Gasteiger partial charge >= 0.3 is 0 Å². The molecule has 136 valence electrons. The van der Waals surface area contributed by atoms with Crippen LogP contribution in [0.5, 0.6) is 0 Å². The van der Waals surface area contributed by atoms with Crippen LogP contribution in [0.4, 0.5) is 0 Å². The molecule has 0 N–H and O–H groups in total. The van der Waals surface area contributed by atoms with E-state index in [1.165, 1.54) is 30.4 Å². The van der Waals surface area contributed by atoms with Crippen LogP contribution >= 0.6 is 0 Å². The Kier molecular flexibility index (Phi) is 24.3. The number of Topliss-reactive ketones (excluding diaryl/α,β-unsaturated/α-hetero) is 1. The number of rotatable bonds is 5. The van der Waals surface area contributed by atoms with E-state index in [-0.39, 0.29) is 5.92 Å². The van der Waals surface area contributed by atoms with Crippen LogP contribution in [-0.2, 0) is 4.79 Å². The second kappa shape index (κ2) is 20.9. The summed E-state index contributed by atoms with van der Waals surface area (Å²) in [6, 6.07) is 8.45. The predicted octanol–water partition coefficient (Wildman–Crippen LogP) is 7.54. The van der Waals surface area contributed by atoms with Crippen LogP contribution < -0.4 is 0 Å². The highest BCUT2D eigenvalue weighted by Crippen LogP contribution is 2.03. The molecule has 0 aliphatic heterocycles. The molecule has 1 nitrogen and oxygen atoms in total. The van der Waals surface area contributed by atoms with E-state index < -0.39 is 0 Å². The monoisotopic (exact) mass is 322 g/mol. The van der Waals surface area contributed by atoms with E-state index in [9.17, 15) is 4.79 Å². The predicted molar refractivity (Wildman–Crippen MR) is 107 cm³/mol. The molecule has 0 amide bonds. The van der Waals surface area contributed by atoms with Crippen molar-refractivity contribution in [3.8, 4) is 0 Å². The number of hydrogen-bond acceptors (Lipinski definition) is 1. The molecule has 1 atom stereocenters. The highest BCUT2D eigenvalue weighted by atomic mass is 16.1. The summed E-state index contributed by atoms with van der Waals surface area (Å²) in [7, 11) is 0. The fourth-order valence-corrected chi connectivity index (χ4v) is 1.74. The molecule has 0 saturated heterocycles. The second-order valence-electron chi connectivity index (χ2n) is 5.64. The normalized spacial score (nSPS) is 9.96. The van der Waals surface area contributed by atoms with Crippen LogP contribution in [0.25, 0.3) is 0 Å². The van der Waals surface area contributed by atoms with Crippen molar-refractivity contribution in [3.63, 3.8) is 0 Å². The van der Waals surface area contributed by atoms with Crippen molar-refractivity contribution >= 4 is 5.78 Å². The van der Waals surface area contributed by atoms with Gasteiger partial charge in [-0.3, -0.25) is 4.79 Å². The minimum Gasteiger partial charge on any atom is -0.299 e. The molecule has 0 spiro atoms. The Hall–Kier alpha value is -1.11. The van der Waals surface area contributed by atoms with Gasteiger partial charge in [0.25, 0.3) is 0 Å². The Morgan fingerprint density at radius 3 is 1.52 bits per heavy atom. The van der Waals surface area contributed by atoms with Crippen LogP contribution in [0.15, 0.2) is 24.3 Å². The van der Waals surface area contributed by atoms with Crippen molar-refractivity contribution < 1.29 is 4.79 Å². The second-order valence-corrected chi connectivity index (χ2v) is 5.64. The summed E-state index contributed by atoms with van der Waals surface area (Å²) in [6.45, 7) is 18.6. The molecular weight excluding hydrogens is 280 g/mol. The number of unbranched alkanes of at least 4 members (excludes halogenated alkanes) is 2. The SMILES string of the molecule is CC.CCC(=O)C(C)CC.CCCCC.Cc1cccc(C)c1. The fourth-order valence-electron chi connectivity index (χ4n) is 1.74. The molecule has 1 aromatic carbocycles. The first-order chi connectivity index (χ1) is 10.9. The first-order valence-corrected chi connectivity index (χ1v) is 9.48. The molecule has 0 aromatic heterocycles. The molecule has 23 heavy (non-hydrogen) atoms. The van der Waals surface area contributed by atoms with Crippen LogP contribution in [0, 0.1) is 19.8 Å². The minimum absolute atomic E-state index is 0.278. The maximum atomic E-state index is 10.7. The summed E-state index contributed by atoms with van der Waals surface area (Å²) in [5.41, 5.74) is 2.68. The van der Waals surface area contributed by atoms with Crippen molar-refractivity contribution in [1.29, 1.82) is 0 Å². The van der Waals surface area contributed by atoms with Gasteiger partial charge in [-0.15, -0.1) is 0 Å². The van der Waals surface area contributed by atoms with E-state index in [0.717, 1.165) is 6.42 Å². The zero-order valence-corrected chi connectivity index (χ0v) is 17.3. The van der Waals surface area contributed by atoms with Gasteiger partial charge < -0.3 is 0 Å². The van der Waals surface area contributed by atoms with Gasteiger partial charge in [-0.25, -0.2) is 0 Å². The molecule has 0 aliphatic carbocycles. The molecule has 0 saturated carbocycles. The van der Waals surface area contributed by atoms with E-state index in [0.29, 0.717) is 12.2 Å². The minimum atomic E-state index is 0.278. The lowest BCUT2D eigenvalue weighted by Gasteiger charge is -2.02. The number of aryl methyl sites for hydroxylation is 2. The molecule has 0 radical (unpaired) electrons. The van der Waals surface area contributed by atoms with E-state index in [4.69, 9.17) is 0 Å². The summed E-state index contributed by atoms with van der Waals surface area (Å²) in [4.78, 5) is 10.7. The van der Waals surface area contributed by atoms with Crippen LogP contribution in [-0.4, -0.2) is 5.78 Å². The molecule has 1 heteroatoms. The molecule has 0 fully saturated rings. The summed E-state index contributed by atoms with van der Waals surface area (Å²) >= 11 is 0. The zero-order chi connectivity index (χ0) is 18.7. The fraction of sp³-hybridized carbons (Fsp3) is 0.682. The highest BCUT2D eigenvalue weighted by molar-refractivity contribution is 5.80. The average molecular weight is 323 g/mol. The van der Waals surface area contributed by atoms with E-state index in [1.807, 2.05) is 34.6 Å². The Bertz CT molecular complexity index is 335. The van der Waals surface area contributed by atoms with E-state index >= 15 is 0 Å². The summed E-state index contributed by atoms with van der Waals surface area (Å²) in [6.07, 6.45) is 5.74. The number of benzene rings is 1. The van der Waals surface area contributed by atoms with Crippen LogP contribution in [0.3, 0.4) is 0 Å². The standard InChI is InChI=1S/C8H10.C7H14O.C5H12.C2H6/c1-7-4-3-5-8(2)6-7;1-4-6(3)7(8)5-2;1-3-5-4-2;1-2/h3-6H,1-2H3;6H,4-5H2,1-3H3;3-5H2,1-2H3;1-2H3. The lowest BCUT2D eigenvalue weighted by atomic mass is 10.0. The number of ketones is 1. The van der Waals surface area contributed by atoms with Gasteiger partial charge in [0.05, 0.1) is 0 Å². The van der Waals surface area contributed by atoms with Gasteiger partial charge in [0.1, 0.15) is 5.78 Å². The number of carbonyl (C=O) groups excluding carboxylic acids is 1. The zero-order valence-electron chi connectivity index (χ0n) is 17.3. The van der Waals surface area contributed by atoms with Gasteiger partial charge in [0.2, 0.25) is 0 Å². The molecule has 1 rings (SSSR count). The third-order valence-corrected chi connectivity index (χ3v) is 3.39. The third-order valence-electron chi connectivity index (χ3n) is 3.39. The van der Waals surface area contributed by atoms with Gasteiger partial charge in [-0.05, 0) is 20.3 Å². The van der Waals surface area contributed by atoms with Crippen molar-refractivity contribution in [1.82, 2.24) is 0 Å². The quantitative estimate of drug-likeness (QED) is 0.547. The lowest BCUT2D eigenvalue weighted by Crippen LogP contribution is -2.06. The highest BCUT2D eigenvalue weighted by Gasteiger charge is 2.05. The molecule has 0 heterocycles. The van der Waals surface area contributed by atoms with Crippen LogP contribution in [0.1, 0.15) is 91.7 Å². The Balaban J connectivity index is -0.000000254. The van der Waals surface area contributed by atoms with Crippen molar-refractivity contribution in [3.05, 3.63) is 35.4 Å². The summed E-state index contributed by atoms with van der Waals surface area (Å²) in [5, 5.41) is 0. The summed E-state index contributed by atoms with van der Waals surface area (Å²) in [5.74, 6) is 0.660. The largest absolute Gasteiger partial charge is 0.299 e. The summed E-state index contributed by atoms with van der Waals surface area (Å²) < 4.78 is 0. The van der Waals surface area contributed by atoms with E-state index in [1.54, 1.807) is 0 Å². The van der Waals surface area contributed by atoms with Crippen molar-refractivity contribution in [2.45, 2.75) is 94.4 Å². The molecule has 0 bridgehead atoms. The molecule has 0 aliphatic rings. The first kappa shape index (κ1) is 26.8. The Morgan fingerprint density at radius 2 is 1.39 bits per heavy atom. The Morgan fingerprint density at radius 1 is 0.957 bits per heavy atom. The number of hydrogen-bond donors (Lipinski definition) is 0. The van der Waals surface area contributed by atoms with Gasteiger partial charge in [-0.2, -0.15) is 0 Å². The van der Waals surface area contributed by atoms with Gasteiger partial charge in [0, 0.05) is 12.3 Å². The third kappa shape index (κ3) is 20.9. The molecule has 1 aromatic rings. The van der Waals surface area contributed by atoms with Gasteiger partial charge in [0.15, 0.2) is 0 Å². The van der Waals surface area contributed by atoms with Crippen molar-refractivity contribution in [2.75, 3.05) is 0 Å². The number of carbonyl (C=O) groups is 1. The maximum absolute atomic E-state index is 10.7. The average Bonchev–Trinajstić information content (AvgIpc) is 2.57. The molecular formula is C22H42O. The van der Waals surface area contributed by atoms with E-state index in [2.05, 4.69) is 52.0 Å². The lowest BCUT2D eigenvalue weighted by molar-refractivity contribution is -0.122. The maximum Gasteiger partial charge on any atom is 0.135 e. The van der Waals surface area contributed by atoms with Crippen molar-refractivity contribution in [2.24, 2.45) is 5.92 Å². The molecule has 1 unspecified atom stereocenters. The Labute approximate surface area is 146 Å².